The molecule has 3 rings (SSSR count). The fourth-order valence-electron chi connectivity index (χ4n) is 2.51. The molecule has 3 aromatic rings. The van der Waals surface area contributed by atoms with E-state index in [-0.39, 0.29) is 0 Å². The van der Waals surface area contributed by atoms with Gasteiger partial charge in [-0.15, -0.1) is 11.6 Å². The van der Waals surface area contributed by atoms with E-state index in [1.165, 1.54) is 5.56 Å². The van der Waals surface area contributed by atoms with E-state index in [1.54, 1.807) is 0 Å². The Morgan fingerprint density at radius 2 is 1.86 bits per heavy atom. The Bertz CT molecular complexity index is 773. The van der Waals surface area contributed by atoms with Crippen LogP contribution in [0.25, 0.3) is 16.9 Å². The molecule has 0 amide bonds. The van der Waals surface area contributed by atoms with Crippen LogP contribution in [0.15, 0.2) is 36.5 Å². The molecule has 0 saturated carbocycles. The zero-order valence-electron chi connectivity index (χ0n) is 12.5. The first-order valence-corrected chi connectivity index (χ1v) is 7.64. The average molecular weight is 300 g/mol. The highest BCUT2D eigenvalue weighted by Gasteiger charge is 2.14. The molecule has 3 nitrogen and oxygen atoms in total. The molecule has 0 aliphatic rings. The van der Waals surface area contributed by atoms with Gasteiger partial charge in [-0.2, -0.15) is 0 Å². The van der Waals surface area contributed by atoms with Crippen LogP contribution in [0, 0.1) is 6.92 Å². The monoisotopic (exact) mass is 299 g/mol. The number of fused-ring (bicyclic) bond motifs is 1. The molecule has 0 unspecified atom stereocenters. The second kappa shape index (κ2) is 5.49. The third kappa shape index (κ3) is 2.42. The van der Waals surface area contributed by atoms with Crippen LogP contribution in [0.4, 0.5) is 0 Å². The lowest BCUT2D eigenvalue weighted by Crippen LogP contribution is -2.00. The molecule has 0 saturated heterocycles. The summed E-state index contributed by atoms with van der Waals surface area (Å²) in [6.07, 6.45) is 1.82. The van der Waals surface area contributed by atoms with E-state index < -0.39 is 0 Å². The van der Waals surface area contributed by atoms with E-state index in [0.29, 0.717) is 11.8 Å². The normalized spacial score (nSPS) is 11.5. The summed E-state index contributed by atoms with van der Waals surface area (Å²) in [5.41, 5.74) is 5.27. The molecule has 0 radical (unpaired) electrons. The van der Waals surface area contributed by atoms with Gasteiger partial charge in [0.2, 0.25) is 0 Å². The molecule has 2 aromatic heterocycles. The molecule has 4 heteroatoms. The van der Waals surface area contributed by atoms with E-state index in [4.69, 9.17) is 11.6 Å². The lowest BCUT2D eigenvalue weighted by molar-refractivity contribution is 0.864. The predicted molar refractivity (Wildman–Crippen MR) is 87.2 cm³/mol. The maximum Gasteiger partial charge on any atom is 0.164 e. The Kier molecular flexibility index (Phi) is 3.68. The highest BCUT2D eigenvalue weighted by atomic mass is 35.5. The number of hydrogen-bond acceptors (Lipinski definition) is 2. The third-order valence-electron chi connectivity index (χ3n) is 3.75. The van der Waals surface area contributed by atoms with Crippen LogP contribution in [-0.4, -0.2) is 14.5 Å². The second-order valence-electron chi connectivity index (χ2n) is 5.54. The van der Waals surface area contributed by atoms with Gasteiger partial charge in [0, 0.05) is 11.9 Å². The summed E-state index contributed by atoms with van der Waals surface area (Å²) in [7, 11) is 0. The summed E-state index contributed by atoms with van der Waals surface area (Å²) >= 11 is 6.08. The fraction of sp³-hybridized carbons (Fsp3) is 0.294. The lowest BCUT2D eigenvalue weighted by atomic mass is 10.0. The minimum atomic E-state index is 0.363. The zero-order valence-corrected chi connectivity index (χ0v) is 13.2. The molecule has 21 heavy (non-hydrogen) atoms. The van der Waals surface area contributed by atoms with Gasteiger partial charge in [0.15, 0.2) is 5.65 Å². The van der Waals surface area contributed by atoms with E-state index in [9.17, 15) is 0 Å². The van der Waals surface area contributed by atoms with Crippen molar-refractivity contribution >= 4 is 22.8 Å². The number of halogens is 1. The average Bonchev–Trinajstić information content (AvgIpc) is 2.87. The summed E-state index contributed by atoms with van der Waals surface area (Å²) in [6, 6.07) is 10.5. The number of imidazole rings is 1. The van der Waals surface area contributed by atoms with Gasteiger partial charge in [-0.25, -0.2) is 9.97 Å². The van der Waals surface area contributed by atoms with Crippen molar-refractivity contribution in [2.45, 2.75) is 32.6 Å². The molecule has 0 spiro atoms. The van der Waals surface area contributed by atoms with Crippen molar-refractivity contribution in [2.75, 3.05) is 0 Å². The molecule has 108 valence electrons. The first-order chi connectivity index (χ1) is 10.1. The number of benzene rings is 1. The van der Waals surface area contributed by atoms with Crippen molar-refractivity contribution in [1.29, 1.82) is 0 Å². The van der Waals surface area contributed by atoms with Gasteiger partial charge in [0.05, 0.1) is 5.88 Å². The van der Waals surface area contributed by atoms with Crippen molar-refractivity contribution in [3.05, 3.63) is 53.5 Å². The standard InChI is InChI=1S/C17H18ClN3/c1-11(2)13-4-6-14(7-5-13)21-15(10-18)20-16-12(3)8-9-19-17(16)21/h4-9,11H,10H2,1-3H3. The number of alkyl halides is 1. The quantitative estimate of drug-likeness (QED) is 0.662. The van der Waals surface area contributed by atoms with Gasteiger partial charge in [0.1, 0.15) is 11.3 Å². The van der Waals surface area contributed by atoms with Crippen LogP contribution in [0.5, 0.6) is 0 Å². The van der Waals surface area contributed by atoms with Crippen molar-refractivity contribution in [2.24, 2.45) is 0 Å². The first-order valence-electron chi connectivity index (χ1n) is 7.11. The molecule has 1 aromatic carbocycles. The molecule has 0 atom stereocenters. The Morgan fingerprint density at radius 1 is 1.14 bits per heavy atom. The van der Waals surface area contributed by atoms with Gasteiger partial charge in [-0.3, -0.25) is 4.57 Å². The predicted octanol–water partition coefficient (Wildman–Crippen LogP) is 4.59. The SMILES string of the molecule is Cc1ccnc2c1nc(CCl)n2-c1ccc(C(C)C)cc1. The van der Waals surface area contributed by atoms with Gasteiger partial charge in [-0.05, 0) is 42.2 Å². The minimum absolute atomic E-state index is 0.363. The molecular weight excluding hydrogens is 282 g/mol. The maximum atomic E-state index is 6.08. The minimum Gasteiger partial charge on any atom is -0.280 e. The number of aryl methyl sites for hydroxylation is 1. The van der Waals surface area contributed by atoms with Crippen LogP contribution >= 0.6 is 11.6 Å². The van der Waals surface area contributed by atoms with Crippen molar-refractivity contribution in [1.82, 2.24) is 14.5 Å². The molecule has 0 bridgehead atoms. The highest BCUT2D eigenvalue weighted by molar-refractivity contribution is 6.17. The second-order valence-corrected chi connectivity index (χ2v) is 5.81. The van der Waals surface area contributed by atoms with Crippen LogP contribution in [0.2, 0.25) is 0 Å². The van der Waals surface area contributed by atoms with Gasteiger partial charge < -0.3 is 0 Å². The van der Waals surface area contributed by atoms with Crippen molar-refractivity contribution < 1.29 is 0 Å². The number of pyridine rings is 1. The van der Waals surface area contributed by atoms with Gasteiger partial charge in [-0.1, -0.05) is 26.0 Å². The van der Waals surface area contributed by atoms with E-state index >= 15 is 0 Å². The largest absolute Gasteiger partial charge is 0.280 e. The summed E-state index contributed by atoms with van der Waals surface area (Å²) in [5, 5.41) is 0. The number of nitrogens with zero attached hydrogens (tertiary/aromatic N) is 3. The molecule has 0 N–H and O–H groups in total. The van der Waals surface area contributed by atoms with Crippen LogP contribution < -0.4 is 0 Å². The third-order valence-corrected chi connectivity index (χ3v) is 3.99. The molecular formula is C17H18ClN3. The topological polar surface area (TPSA) is 30.7 Å². The fourth-order valence-corrected chi connectivity index (χ4v) is 2.69. The summed E-state index contributed by atoms with van der Waals surface area (Å²) in [5.74, 6) is 1.71. The smallest absolute Gasteiger partial charge is 0.164 e. The van der Waals surface area contributed by atoms with Crippen molar-refractivity contribution in [3.63, 3.8) is 0 Å². The van der Waals surface area contributed by atoms with E-state index in [0.717, 1.165) is 28.2 Å². The Morgan fingerprint density at radius 3 is 2.48 bits per heavy atom. The van der Waals surface area contributed by atoms with Crippen LogP contribution in [-0.2, 0) is 5.88 Å². The van der Waals surface area contributed by atoms with Gasteiger partial charge >= 0.3 is 0 Å². The summed E-state index contributed by atoms with van der Waals surface area (Å²) in [4.78, 5) is 9.12. The first kappa shape index (κ1) is 14.1. The van der Waals surface area contributed by atoms with Crippen LogP contribution in [0.3, 0.4) is 0 Å². The number of rotatable bonds is 3. The molecule has 0 aliphatic carbocycles. The lowest BCUT2D eigenvalue weighted by Gasteiger charge is -2.10. The molecule has 0 fully saturated rings. The van der Waals surface area contributed by atoms with E-state index in [2.05, 4.69) is 48.1 Å². The molecule has 0 aliphatic heterocycles. The Labute approximate surface area is 129 Å². The highest BCUT2D eigenvalue weighted by Crippen LogP contribution is 2.24. The number of aromatic nitrogens is 3. The van der Waals surface area contributed by atoms with Crippen molar-refractivity contribution in [3.8, 4) is 5.69 Å². The summed E-state index contributed by atoms with van der Waals surface area (Å²) in [6.45, 7) is 6.43. The van der Waals surface area contributed by atoms with Gasteiger partial charge in [0.25, 0.3) is 0 Å². The van der Waals surface area contributed by atoms with Crippen LogP contribution in [0.1, 0.15) is 36.7 Å². The zero-order chi connectivity index (χ0) is 15.0. The Hall–Kier alpha value is -1.87. The number of hydrogen-bond donors (Lipinski definition) is 0. The van der Waals surface area contributed by atoms with E-state index in [1.807, 2.05) is 23.8 Å². The molecule has 2 heterocycles. The maximum absolute atomic E-state index is 6.08. The summed E-state index contributed by atoms with van der Waals surface area (Å²) < 4.78 is 2.04. The Balaban J connectivity index is 2.21.